The highest BCUT2D eigenvalue weighted by Gasteiger charge is 2.32. The van der Waals surface area contributed by atoms with Gasteiger partial charge in [-0.2, -0.15) is 0 Å². The van der Waals surface area contributed by atoms with E-state index in [9.17, 15) is 0 Å². The number of fused-ring (bicyclic) bond motifs is 1. The first-order valence-corrected chi connectivity index (χ1v) is 7.26. The lowest BCUT2D eigenvalue weighted by molar-refractivity contribution is 0.182. The Labute approximate surface area is 111 Å². The molecule has 0 saturated heterocycles. The number of aryl methyl sites for hydroxylation is 1. The van der Waals surface area contributed by atoms with Gasteiger partial charge in [-0.3, -0.25) is 0 Å². The molecule has 2 nitrogen and oxygen atoms in total. The predicted molar refractivity (Wildman–Crippen MR) is 76.2 cm³/mol. The van der Waals surface area contributed by atoms with E-state index >= 15 is 0 Å². The Morgan fingerprint density at radius 2 is 2.06 bits per heavy atom. The van der Waals surface area contributed by atoms with Crippen molar-refractivity contribution in [1.82, 2.24) is 5.32 Å². The van der Waals surface area contributed by atoms with Crippen LogP contribution in [-0.2, 0) is 6.42 Å². The second kappa shape index (κ2) is 6.24. The number of ether oxygens (including phenoxy) is 1. The van der Waals surface area contributed by atoms with Gasteiger partial charge in [0.25, 0.3) is 0 Å². The van der Waals surface area contributed by atoms with Crippen molar-refractivity contribution in [2.45, 2.75) is 58.1 Å². The van der Waals surface area contributed by atoms with E-state index in [2.05, 4.69) is 37.4 Å². The van der Waals surface area contributed by atoms with E-state index in [1.807, 2.05) is 7.05 Å². The Kier molecular flexibility index (Phi) is 4.65. The zero-order valence-corrected chi connectivity index (χ0v) is 11.8. The predicted octanol–water partition coefficient (Wildman–Crippen LogP) is 3.85. The number of unbranched alkanes of at least 4 members (excludes halogenated alkanes) is 1. The van der Waals surface area contributed by atoms with Gasteiger partial charge in [0.2, 0.25) is 0 Å². The normalized spacial score (nSPS) is 21.7. The van der Waals surface area contributed by atoms with E-state index in [4.69, 9.17) is 4.74 Å². The number of hydrogen-bond acceptors (Lipinski definition) is 2. The average molecular weight is 247 g/mol. The van der Waals surface area contributed by atoms with Gasteiger partial charge in [-0.15, -0.1) is 0 Å². The molecule has 1 N–H and O–H groups in total. The van der Waals surface area contributed by atoms with Gasteiger partial charge in [0, 0.05) is 5.56 Å². The molecule has 2 rings (SSSR count). The third kappa shape index (κ3) is 2.69. The minimum atomic E-state index is 0.302. The molecule has 0 aliphatic carbocycles. The number of benzene rings is 1. The van der Waals surface area contributed by atoms with E-state index in [1.165, 1.54) is 36.8 Å². The lowest BCUT2D eigenvalue weighted by atomic mass is 9.97. The summed E-state index contributed by atoms with van der Waals surface area (Å²) in [6.45, 7) is 4.45. The van der Waals surface area contributed by atoms with Gasteiger partial charge in [0.15, 0.2) is 0 Å². The fourth-order valence-electron chi connectivity index (χ4n) is 2.77. The van der Waals surface area contributed by atoms with Crippen LogP contribution in [0, 0.1) is 0 Å². The minimum Gasteiger partial charge on any atom is -0.488 e. The van der Waals surface area contributed by atoms with Crippen molar-refractivity contribution in [1.29, 1.82) is 0 Å². The molecule has 0 amide bonds. The smallest absolute Gasteiger partial charge is 0.124 e. The molecule has 2 heteroatoms. The first-order valence-electron chi connectivity index (χ1n) is 7.26. The van der Waals surface area contributed by atoms with Crippen LogP contribution >= 0.6 is 0 Å². The van der Waals surface area contributed by atoms with Crippen LogP contribution in [0.4, 0.5) is 0 Å². The molecular formula is C16H25NO. The van der Waals surface area contributed by atoms with Gasteiger partial charge in [-0.1, -0.05) is 38.8 Å². The molecule has 0 aromatic heterocycles. The fourth-order valence-corrected chi connectivity index (χ4v) is 2.77. The third-order valence-corrected chi connectivity index (χ3v) is 3.76. The van der Waals surface area contributed by atoms with Gasteiger partial charge in [-0.25, -0.2) is 0 Å². The molecule has 2 unspecified atom stereocenters. The lowest BCUT2D eigenvalue weighted by Crippen LogP contribution is -2.28. The third-order valence-electron chi connectivity index (χ3n) is 3.76. The number of nitrogens with one attached hydrogen (secondary N) is 1. The van der Waals surface area contributed by atoms with Gasteiger partial charge >= 0.3 is 0 Å². The van der Waals surface area contributed by atoms with Crippen LogP contribution in [0.1, 0.15) is 56.7 Å². The highest BCUT2D eigenvalue weighted by atomic mass is 16.5. The molecule has 1 aromatic carbocycles. The summed E-state index contributed by atoms with van der Waals surface area (Å²) in [7, 11) is 2.03. The Morgan fingerprint density at radius 3 is 2.72 bits per heavy atom. The highest BCUT2D eigenvalue weighted by Crippen LogP contribution is 2.38. The summed E-state index contributed by atoms with van der Waals surface area (Å²) in [5.74, 6) is 1.08. The van der Waals surface area contributed by atoms with Crippen molar-refractivity contribution < 1.29 is 4.74 Å². The molecule has 0 spiro atoms. The topological polar surface area (TPSA) is 21.3 Å². The molecule has 1 aliphatic heterocycles. The number of likely N-dealkylation sites (N-methyl/N-ethyl adjacent to an activating group) is 1. The molecule has 0 radical (unpaired) electrons. The standard InChI is InChI=1S/C16H25NO/c1-4-6-8-12-9-10-14-13(11-12)16(17-3)15(18-14)7-5-2/h9-11,15-17H,4-8H2,1-3H3. The van der Waals surface area contributed by atoms with Crippen LogP contribution in [0.5, 0.6) is 5.75 Å². The second-order valence-corrected chi connectivity index (χ2v) is 5.19. The summed E-state index contributed by atoms with van der Waals surface area (Å²) in [5.41, 5.74) is 2.79. The van der Waals surface area contributed by atoms with Gasteiger partial charge in [0.1, 0.15) is 11.9 Å². The fraction of sp³-hybridized carbons (Fsp3) is 0.625. The van der Waals surface area contributed by atoms with E-state index < -0.39 is 0 Å². The Balaban J connectivity index is 2.17. The van der Waals surface area contributed by atoms with Crippen LogP contribution in [0.2, 0.25) is 0 Å². The average Bonchev–Trinajstić information content (AvgIpc) is 2.73. The maximum Gasteiger partial charge on any atom is 0.124 e. The van der Waals surface area contributed by atoms with Crippen LogP contribution in [0.15, 0.2) is 18.2 Å². The summed E-state index contributed by atoms with van der Waals surface area (Å²) in [6.07, 6.45) is 6.28. The maximum atomic E-state index is 6.05. The Morgan fingerprint density at radius 1 is 1.22 bits per heavy atom. The number of rotatable bonds is 6. The highest BCUT2D eigenvalue weighted by molar-refractivity contribution is 5.43. The van der Waals surface area contributed by atoms with Crippen molar-refractivity contribution in [2.24, 2.45) is 0 Å². The molecular weight excluding hydrogens is 222 g/mol. The van der Waals surface area contributed by atoms with E-state index in [-0.39, 0.29) is 0 Å². The molecule has 2 atom stereocenters. The van der Waals surface area contributed by atoms with E-state index in [0.29, 0.717) is 12.1 Å². The summed E-state index contributed by atoms with van der Waals surface area (Å²) in [6, 6.07) is 7.07. The Hall–Kier alpha value is -1.02. The summed E-state index contributed by atoms with van der Waals surface area (Å²) in [5, 5.41) is 3.41. The summed E-state index contributed by atoms with van der Waals surface area (Å²) < 4.78 is 6.05. The largest absolute Gasteiger partial charge is 0.488 e. The second-order valence-electron chi connectivity index (χ2n) is 5.19. The molecule has 1 aliphatic rings. The van der Waals surface area contributed by atoms with Crippen molar-refractivity contribution in [2.75, 3.05) is 7.05 Å². The summed E-state index contributed by atoms with van der Waals surface area (Å²) in [4.78, 5) is 0. The maximum absolute atomic E-state index is 6.05. The quantitative estimate of drug-likeness (QED) is 0.824. The zero-order valence-electron chi connectivity index (χ0n) is 11.8. The van der Waals surface area contributed by atoms with Crippen LogP contribution < -0.4 is 10.1 Å². The van der Waals surface area contributed by atoms with E-state index in [0.717, 1.165) is 12.2 Å². The minimum absolute atomic E-state index is 0.302. The van der Waals surface area contributed by atoms with E-state index in [1.54, 1.807) is 0 Å². The first-order chi connectivity index (χ1) is 8.80. The molecule has 1 heterocycles. The molecule has 100 valence electrons. The van der Waals surface area contributed by atoms with Crippen LogP contribution in [-0.4, -0.2) is 13.2 Å². The molecule has 1 aromatic rings. The first kappa shape index (κ1) is 13.4. The van der Waals surface area contributed by atoms with Gasteiger partial charge in [0.05, 0.1) is 6.04 Å². The molecule has 0 fully saturated rings. The van der Waals surface area contributed by atoms with Gasteiger partial charge in [-0.05, 0) is 37.9 Å². The Bertz CT molecular complexity index is 389. The van der Waals surface area contributed by atoms with Crippen LogP contribution in [0.3, 0.4) is 0 Å². The SMILES string of the molecule is CCCCc1ccc2c(c1)C(NC)C(CCC)O2. The molecule has 0 bridgehead atoms. The van der Waals surface area contributed by atoms with Crippen molar-refractivity contribution in [3.8, 4) is 5.75 Å². The molecule has 0 saturated carbocycles. The van der Waals surface area contributed by atoms with Crippen molar-refractivity contribution in [3.63, 3.8) is 0 Å². The lowest BCUT2D eigenvalue weighted by Gasteiger charge is -2.17. The molecule has 18 heavy (non-hydrogen) atoms. The van der Waals surface area contributed by atoms with Crippen molar-refractivity contribution in [3.05, 3.63) is 29.3 Å². The summed E-state index contributed by atoms with van der Waals surface area (Å²) >= 11 is 0. The van der Waals surface area contributed by atoms with Gasteiger partial charge < -0.3 is 10.1 Å². The monoisotopic (exact) mass is 247 g/mol. The zero-order chi connectivity index (χ0) is 13.0. The number of hydrogen-bond donors (Lipinski definition) is 1. The van der Waals surface area contributed by atoms with Crippen molar-refractivity contribution >= 4 is 0 Å². The van der Waals surface area contributed by atoms with Crippen LogP contribution in [0.25, 0.3) is 0 Å².